The summed E-state index contributed by atoms with van der Waals surface area (Å²) in [5.41, 5.74) is 0.747. The Morgan fingerprint density at radius 2 is 2.38 bits per heavy atom. The summed E-state index contributed by atoms with van der Waals surface area (Å²) in [6.07, 6.45) is 5.03. The highest BCUT2D eigenvalue weighted by atomic mass is 16.5. The molecule has 0 fully saturated rings. The monoisotopic (exact) mass is 183 g/mol. The van der Waals surface area contributed by atoms with Crippen LogP contribution in [0.5, 0.6) is 0 Å². The van der Waals surface area contributed by atoms with Gasteiger partial charge in [0.25, 0.3) is 0 Å². The van der Waals surface area contributed by atoms with Crippen LogP contribution in [-0.4, -0.2) is 16.2 Å². The summed E-state index contributed by atoms with van der Waals surface area (Å²) in [6, 6.07) is 0. The minimum atomic E-state index is -0.965. The van der Waals surface area contributed by atoms with Crippen LogP contribution in [0.15, 0.2) is 10.8 Å². The van der Waals surface area contributed by atoms with Gasteiger partial charge in [-0.05, 0) is 12.8 Å². The number of carbonyl (C=O) groups is 1. The Hall–Kier alpha value is -1.32. The molecule has 4 heteroatoms. The van der Waals surface area contributed by atoms with Gasteiger partial charge < -0.3 is 9.63 Å². The molecule has 0 aliphatic carbocycles. The van der Waals surface area contributed by atoms with E-state index in [1.807, 2.05) is 0 Å². The van der Waals surface area contributed by atoms with Gasteiger partial charge in [0, 0.05) is 0 Å². The number of aromatic carboxylic acids is 1. The maximum absolute atomic E-state index is 10.6. The average Bonchev–Trinajstić information content (AvgIpc) is 2.53. The molecule has 0 aliphatic rings. The Labute approximate surface area is 76.5 Å². The molecule has 1 aromatic heterocycles. The van der Waals surface area contributed by atoms with Crippen LogP contribution in [0.2, 0.25) is 0 Å². The number of carboxylic acids is 1. The van der Waals surface area contributed by atoms with Gasteiger partial charge in [0.05, 0.1) is 5.69 Å². The molecule has 0 aromatic carbocycles. The first kappa shape index (κ1) is 9.77. The average molecular weight is 183 g/mol. The lowest BCUT2D eigenvalue weighted by atomic mass is 10.1. The quantitative estimate of drug-likeness (QED) is 0.710. The van der Waals surface area contributed by atoms with Crippen molar-refractivity contribution in [3.8, 4) is 0 Å². The van der Waals surface area contributed by atoms with Gasteiger partial charge in [0.15, 0.2) is 0 Å². The third kappa shape index (κ3) is 2.57. The number of unbranched alkanes of at least 4 members (excludes halogenated alkanes) is 2. The number of nitrogens with zero attached hydrogens (tertiary/aromatic N) is 1. The van der Waals surface area contributed by atoms with E-state index in [4.69, 9.17) is 5.11 Å². The predicted molar refractivity (Wildman–Crippen MR) is 46.7 cm³/mol. The zero-order valence-corrected chi connectivity index (χ0v) is 7.62. The fourth-order valence-electron chi connectivity index (χ4n) is 1.16. The third-order valence-corrected chi connectivity index (χ3v) is 1.89. The topological polar surface area (TPSA) is 63.3 Å². The Bertz CT molecular complexity index is 280. The molecule has 0 radical (unpaired) electrons. The molecule has 0 saturated heterocycles. The SMILES string of the molecule is CCCCCc1nocc1C(=O)O. The van der Waals surface area contributed by atoms with Gasteiger partial charge in [-0.25, -0.2) is 4.79 Å². The van der Waals surface area contributed by atoms with Gasteiger partial charge in [0.1, 0.15) is 11.8 Å². The smallest absolute Gasteiger partial charge is 0.340 e. The zero-order chi connectivity index (χ0) is 9.68. The highest BCUT2D eigenvalue weighted by Gasteiger charge is 2.13. The third-order valence-electron chi connectivity index (χ3n) is 1.89. The van der Waals surface area contributed by atoms with E-state index in [0.29, 0.717) is 12.1 Å². The molecule has 0 bridgehead atoms. The standard InChI is InChI=1S/C9H13NO3/c1-2-3-4-5-8-7(9(11)12)6-13-10-8/h6H,2-5H2,1H3,(H,11,12). The first-order valence-corrected chi connectivity index (χ1v) is 4.42. The Morgan fingerprint density at radius 3 is 3.00 bits per heavy atom. The zero-order valence-electron chi connectivity index (χ0n) is 7.62. The van der Waals surface area contributed by atoms with Crippen LogP contribution in [0.1, 0.15) is 42.2 Å². The molecular formula is C9H13NO3. The summed E-state index contributed by atoms with van der Waals surface area (Å²) in [4.78, 5) is 10.6. The van der Waals surface area contributed by atoms with Gasteiger partial charge in [-0.3, -0.25) is 0 Å². The van der Waals surface area contributed by atoms with Gasteiger partial charge in [0.2, 0.25) is 0 Å². The van der Waals surface area contributed by atoms with E-state index in [0.717, 1.165) is 19.3 Å². The largest absolute Gasteiger partial charge is 0.478 e. The predicted octanol–water partition coefficient (Wildman–Crippen LogP) is 2.11. The Balaban J connectivity index is 2.55. The van der Waals surface area contributed by atoms with Crippen LogP contribution in [0.4, 0.5) is 0 Å². The van der Waals surface area contributed by atoms with Crippen LogP contribution in [0.3, 0.4) is 0 Å². The maximum atomic E-state index is 10.6. The molecule has 1 aromatic rings. The summed E-state index contributed by atoms with van der Waals surface area (Å²) in [5, 5.41) is 12.4. The normalized spacial score (nSPS) is 10.2. The molecule has 0 unspecified atom stereocenters. The minimum Gasteiger partial charge on any atom is -0.478 e. The molecule has 1 N–H and O–H groups in total. The highest BCUT2D eigenvalue weighted by molar-refractivity contribution is 5.88. The number of aromatic nitrogens is 1. The summed E-state index contributed by atoms with van der Waals surface area (Å²) >= 11 is 0. The van der Waals surface area contributed by atoms with E-state index >= 15 is 0 Å². The number of hydrogen-bond donors (Lipinski definition) is 1. The van der Waals surface area contributed by atoms with Crippen molar-refractivity contribution in [2.45, 2.75) is 32.6 Å². The molecule has 0 spiro atoms. The van der Waals surface area contributed by atoms with Crippen molar-refractivity contribution in [3.63, 3.8) is 0 Å². The lowest BCUT2D eigenvalue weighted by Gasteiger charge is -1.95. The lowest BCUT2D eigenvalue weighted by molar-refractivity contribution is 0.0695. The molecular weight excluding hydrogens is 170 g/mol. The maximum Gasteiger partial charge on any atom is 0.340 e. The Morgan fingerprint density at radius 1 is 1.62 bits per heavy atom. The van der Waals surface area contributed by atoms with Crippen molar-refractivity contribution in [2.75, 3.05) is 0 Å². The fraction of sp³-hybridized carbons (Fsp3) is 0.556. The van der Waals surface area contributed by atoms with Crippen molar-refractivity contribution < 1.29 is 14.4 Å². The lowest BCUT2D eigenvalue weighted by Crippen LogP contribution is -1.99. The van der Waals surface area contributed by atoms with Gasteiger partial charge in [-0.15, -0.1) is 0 Å². The van der Waals surface area contributed by atoms with Crippen LogP contribution in [0.25, 0.3) is 0 Å². The molecule has 13 heavy (non-hydrogen) atoms. The molecule has 0 atom stereocenters. The first-order valence-electron chi connectivity index (χ1n) is 4.42. The summed E-state index contributed by atoms with van der Waals surface area (Å²) in [7, 11) is 0. The van der Waals surface area contributed by atoms with Gasteiger partial charge in [-0.2, -0.15) is 0 Å². The summed E-state index contributed by atoms with van der Waals surface area (Å²) < 4.78 is 4.61. The molecule has 0 amide bonds. The number of aryl methyl sites for hydroxylation is 1. The fourth-order valence-corrected chi connectivity index (χ4v) is 1.16. The van der Waals surface area contributed by atoms with E-state index in [2.05, 4.69) is 16.6 Å². The summed E-state index contributed by atoms with van der Waals surface area (Å²) in [6.45, 7) is 2.10. The number of rotatable bonds is 5. The second-order valence-corrected chi connectivity index (χ2v) is 2.94. The van der Waals surface area contributed by atoms with Gasteiger partial charge in [-0.1, -0.05) is 24.9 Å². The van der Waals surface area contributed by atoms with Gasteiger partial charge >= 0.3 is 5.97 Å². The molecule has 1 rings (SSSR count). The summed E-state index contributed by atoms with van der Waals surface area (Å²) in [5.74, 6) is -0.965. The molecule has 72 valence electrons. The van der Waals surface area contributed by atoms with Crippen molar-refractivity contribution >= 4 is 5.97 Å². The van der Waals surface area contributed by atoms with E-state index in [1.54, 1.807) is 0 Å². The second kappa shape index (κ2) is 4.64. The van der Waals surface area contributed by atoms with Crippen LogP contribution in [-0.2, 0) is 6.42 Å². The first-order chi connectivity index (χ1) is 6.25. The van der Waals surface area contributed by atoms with Crippen LogP contribution >= 0.6 is 0 Å². The Kier molecular flexibility index (Phi) is 3.49. The van der Waals surface area contributed by atoms with Crippen molar-refractivity contribution in [1.82, 2.24) is 5.16 Å². The van der Waals surface area contributed by atoms with Crippen molar-refractivity contribution in [3.05, 3.63) is 17.5 Å². The number of hydrogen-bond acceptors (Lipinski definition) is 3. The van der Waals surface area contributed by atoms with E-state index < -0.39 is 5.97 Å². The van der Waals surface area contributed by atoms with E-state index in [-0.39, 0.29) is 5.56 Å². The number of carboxylic acid groups (broad SMARTS) is 1. The van der Waals surface area contributed by atoms with E-state index in [1.165, 1.54) is 6.26 Å². The molecule has 0 aliphatic heterocycles. The second-order valence-electron chi connectivity index (χ2n) is 2.94. The van der Waals surface area contributed by atoms with Crippen LogP contribution < -0.4 is 0 Å². The van der Waals surface area contributed by atoms with E-state index in [9.17, 15) is 4.79 Å². The van der Waals surface area contributed by atoms with Crippen molar-refractivity contribution in [2.24, 2.45) is 0 Å². The molecule has 1 heterocycles. The highest BCUT2D eigenvalue weighted by Crippen LogP contribution is 2.10. The molecule has 0 saturated carbocycles. The van der Waals surface area contributed by atoms with Crippen LogP contribution in [0, 0.1) is 0 Å². The minimum absolute atomic E-state index is 0.191. The molecule has 4 nitrogen and oxygen atoms in total. The van der Waals surface area contributed by atoms with Crippen molar-refractivity contribution in [1.29, 1.82) is 0 Å².